The van der Waals surface area contributed by atoms with Crippen molar-refractivity contribution in [3.8, 4) is 11.5 Å². The van der Waals surface area contributed by atoms with Crippen LogP contribution in [0.3, 0.4) is 0 Å². The molecule has 1 saturated heterocycles. The first kappa shape index (κ1) is 24.6. The Morgan fingerprint density at radius 1 is 0.865 bits per heavy atom. The molecule has 0 aromatic heterocycles. The topological polar surface area (TPSA) is 67.9 Å². The molecule has 3 amide bonds. The maximum absolute atomic E-state index is 12.9. The van der Waals surface area contributed by atoms with E-state index in [0.717, 1.165) is 16.5 Å². The van der Waals surface area contributed by atoms with Crippen molar-refractivity contribution in [3.63, 3.8) is 0 Å². The lowest BCUT2D eigenvalue weighted by atomic mass is 10.1. The highest BCUT2D eigenvalue weighted by Gasteiger charge is 2.33. The van der Waals surface area contributed by atoms with Crippen LogP contribution in [0.25, 0.3) is 16.8 Å². The van der Waals surface area contributed by atoms with Gasteiger partial charge in [0.05, 0.1) is 17.6 Å². The summed E-state index contributed by atoms with van der Waals surface area (Å²) in [5, 5.41) is 5.01. The second kappa shape index (κ2) is 10.9. The van der Waals surface area contributed by atoms with Crippen LogP contribution in [0, 0.1) is 0 Å². The van der Waals surface area contributed by atoms with Gasteiger partial charge < -0.3 is 14.8 Å². The summed E-state index contributed by atoms with van der Waals surface area (Å²) < 4.78 is 12.7. The van der Waals surface area contributed by atoms with E-state index in [-0.39, 0.29) is 18.1 Å². The molecular formula is C30H25BrN2O4. The summed E-state index contributed by atoms with van der Waals surface area (Å²) in [6, 6.07) is 27.0. The van der Waals surface area contributed by atoms with Crippen LogP contribution >= 0.6 is 15.9 Å². The number of benzene rings is 4. The molecular weight excluding hydrogens is 532 g/mol. The van der Waals surface area contributed by atoms with E-state index in [4.69, 9.17) is 9.47 Å². The molecule has 0 radical (unpaired) electrons. The number of carbonyl (C=O) groups is 2. The number of amides is 3. The van der Waals surface area contributed by atoms with Crippen LogP contribution in [0.2, 0.25) is 0 Å². The van der Waals surface area contributed by atoms with Gasteiger partial charge in [-0.3, -0.25) is 9.69 Å². The highest BCUT2D eigenvalue weighted by molar-refractivity contribution is 9.10. The van der Waals surface area contributed by atoms with Gasteiger partial charge in [0.15, 0.2) is 11.5 Å². The van der Waals surface area contributed by atoms with Gasteiger partial charge in [-0.15, -0.1) is 0 Å². The van der Waals surface area contributed by atoms with Crippen LogP contribution in [0.5, 0.6) is 11.5 Å². The van der Waals surface area contributed by atoms with E-state index in [1.807, 2.05) is 61.5 Å². The number of nitrogens with one attached hydrogen (secondary N) is 1. The maximum atomic E-state index is 12.9. The highest BCUT2D eigenvalue weighted by Crippen LogP contribution is 2.38. The Labute approximate surface area is 223 Å². The fourth-order valence-corrected chi connectivity index (χ4v) is 4.78. The second-order valence-electron chi connectivity index (χ2n) is 8.60. The molecule has 6 nitrogen and oxygen atoms in total. The summed E-state index contributed by atoms with van der Waals surface area (Å²) in [6.07, 6.45) is 1.64. The van der Waals surface area contributed by atoms with Crippen molar-refractivity contribution >= 4 is 44.7 Å². The second-order valence-corrected chi connectivity index (χ2v) is 9.45. The Bertz CT molecular complexity index is 1500. The lowest BCUT2D eigenvalue weighted by Gasteiger charge is -2.15. The third kappa shape index (κ3) is 5.52. The minimum atomic E-state index is -0.445. The number of nitrogens with zero attached hydrogens (tertiary/aromatic N) is 1. The van der Waals surface area contributed by atoms with Crippen molar-refractivity contribution in [2.75, 3.05) is 6.61 Å². The number of urea groups is 1. The number of rotatable bonds is 8. The predicted octanol–water partition coefficient (Wildman–Crippen LogP) is 6.67. The molecule has 186 valence electrons. The lowest BCUT2D eigenvalue weighted by molar-refractivity contribution is -0.123. The molecule has 37 heavy (non-hydrogen) atoms. The molecule has 0 atom stereocenters. The normalized spacial score (nSPS) is 14.3. The van der Waals surface area contributed by atoms with Crippen LogP contribution < -0.4 is 14.8 Å². The van der Waals surface area contributed by atoms with Crippen LogP contribution in [0.1, 0.15) is 23.6 Å². The van der Waals surface area contributed by atoms with E-state index in [1.165, 1.54) is 10.3 Å². The van der Waals surface area contributed by atoms with E-state index in [1.54, 1.807) is 12.1 Å². The van der Waals surface area contributed by atoms with Gasteiger partial charge in [-0.25, -0.2) is 4.79 Å². The summed E-state index contributed by atoms with van der Waals surface area (Å²) in [5.41, 5.74) is 2.82. The average Bonchev–Trinajstić information content (AvgIpc) is 3.16. The number of halogens is 1. The van der Waals surface area contributed by atoms with Gasteiger partial charge in [-0.05, 0) is 74.6 Å². The Kier molecular flexibility index (Phi) is 7.23. The van der Waals surface area contributed by atoms with Gasteiger partial charge in [0.1, 0.15) is 12.3 Å². The minimum Gasteiger partial charge on any atom is -0.490 e. The van der Waals surface area contributed by atoms with Crippen LogP contribution in [-0.4, -0.2) is 23.4 Å². The van der Waals surface area contributed by atoms with Gasteiger partial charge in [0, 0.05) is 0 Å². The molecule has 0 spiro atoms. The third-order valence-corrected chi connectivity index (χ3v) is 6.57. The van der Waals surface area contributed by atoms with Crippen LogP contribution in [0.4, 0.5) is 4.79 Å². The molecule has 4 aromatic carbocycles. The van der Waals surface area contributed by atoms with E-state index < -0.39 is 6.03 Å². The van der Waals surface area contributed by atoms with Crippen molar-refractivity contribution in [3.05, 3.63) is 112 Å². The number of carbonyl (C=O) groups excluding carboxylic acids is 2. The van der Waals surface area contributed by atoms with Gasteiger partial charge >= 0.3 is 6.03 Å². The number of fused-ring (bicyclic) bond motifs is 1. The van der Waals surface area contributed by atoms with E-state index in [0.29, 0.717) is 34.7 Å². The molecule has 0 aliphatic carbocycles. The zero-order chi connectivity index (χ0) is 25.8. The van der Waals surface area contributed by atoms with Crippen molar-refractivity contribution in [1.82, 2.24) is 10.2 Å². The number of imide groups is 1. The minimum absolute atomic E-state index is 0.207. The Hall–Kier alpha value is -4.10. The fraction of sp³-hybridized carbons (Fsp3) is 0.133. The van der Waals surface area contributed by atoms with Crippen LogP contribution in [-0.2, 0) is 17.9 Å². The predicted molar refractivity (Wildman–Crippen MR) is 147 cm³/mol. The third-order valence-electron chi connectivity index (χ3n) is 5.99. The quantitative estimate of drug-likeness (QED) is 0.194. The first-order valence-electron chi connectivity index (χ1n) is 12.0. The molecule has 7 heteroatoms. The fourth-order valence-electron chi connectivity index (χ4n) is 4.21. The van der Waals surface area contributed by atoms with Crippen molar-refractivity contribution in [2.24, 2.45) is 0 Å². The monoisotopic (exact) mass is 556 g/mol. The van der Waals surface area contributed by atoms with Gasteiger partial charge in [-0.1, -0.05) is 66.7 Å². The summed E-state index contributed by atoms with van der Waals surface area (Å²) in [5.74, 6) is 0.742. The summed E-state index contributed by atoms with van der Waals surface area (Å²) in [7, 11) is 0. The Morgan fingerprint density at radius 2 is 1.62 bits per heavy atom. The van der Waals surface area contributed by atoms with Crippen molar-refractivity contribution in [1.29, 1.82) is 0 Å². The molecule has 1 fully saturated rings. The first-order valence-corrected chi connectivity index (χ1v) is 12.8. The molecule has 0 bridgehead atoms. The largest absolute Gasteiger partial charge is 0.490 e. The van der Waals surface area contributed by atoms with E-state index in [9.17, 15) is 9.59 Å². The van der Waals surface area contributed by atoms with Crippen molar-refractivity contribution < 1.29 is 19.1 Å². The SMILES string of the molecule is CCOc1cc(/C=C2/NC(=O)N(Cc3ccccc3)C2=O)cc(Br)c1OCc1ccc2ccccc2c1. The molecule has 1 heterocycles. The Morgan fingerprint density at radius 3 is 2.41 bits per heavy atom. The number of hydrogen-bond donors (Lipinski definition) is 1. The summed E-state index contributed by atoms with van der Waals surface area (Å²) in [6.45, 7) is 2.92. The number of hydrogen-bond acceptors (Lipinski definition) is 4. The standard InChI is InChI=1S/C30H25BrN2O4/c1-2-36-27-17-22(16-26-29(34)33(30(35)32-26)18-20-8-4-3-5-9-20)15-25(31)28(27)37-19-21-12-13-23-10-6-7-11-24(23)14-21/h3-17H,2,18-19H2,1H3,(H,32,35)/b26-16+. The zero-order valence-corrected chi connectivity index (χ0v) is 21.8. The number of ether oxygens (including phenoxy) is 2. The molecule has 1 aliphatic heterocycles. The van der Waals surface area contributed by atoms with E-state index >= 15 is 0 Å². The molecule has 1 aliphatic rings. The smallest absolute Gasteiger partial charge is 0.329 e. The van der Waals surface area contributed by atoms with Gasteiger partial charge in [-0.2, -0.15) is 0 Å². The van der Waals surface area contributed by atoms with Crippen molar-refractivity contribution in [2.45, 2.75) is 20.1 Å². The summed E-state index contributed by atoms with van der Waals surface area (Å²) in [4.78, 5) is 26.6. The van der Waals surface area contributed by atoms with Gasteiger partial charge in [0.25, 0.3) is 5.91 Å². The van der Waals surface area contributed by atoms with Gasteiger partial charge in [0.2, 0.25) is 0 Å². The average molecular weight is 557 g/mol. The molecule has 1 N–H and O–H groups in total. The van der Waals surface area contributed by atoms with Crippen LogP contribution in [0.15, 0.2) is 95.1 Å². The molecule has 4 aromatic rings. The van der Waals surface area contributed by atoms with E-state index in [2.05, 4.69) is 45.5 Å². The Balaban J connectivity index is 1.36. The first-order chi connectivity index (χ1) is 18.0. The highest BCUT2D eigenvalue weighted by atomic mass is 79.9. The zero-order valence-electron chi connectivity index (χ0n) is 20.2. The summed E-state index contributed by atoms with van der Waals surface area (Å²) >= 11 is 3.60. The molecule has 0 saturated carbocycles. The lowest BCUT2D eigenvalue weighted by Crippen LogP contribution is -2.30. The maximum Gasteiger partial charge on any atom is 0.329 e. The molecule has 0 unspecified atom stereocenters. The molecule has 5 rings (SSSR count).